The summed E-state index contributed by atoms with van der Waals surface area (Å²) in [6.07, 6.45) is 0. The van der Waals surface area contributed by atoms with Gasteiger partial charge in [0.25, 0.3) is 0 Å². The van der Waals surface area contributed by atoms with Gasteiger partial charge in [0.2, 0.25) is 0 Å². The number of hydrogen-bond acceptors (Lipinski definition) is 4. The molecular weight excluding hydrogens is 304 g/mol. The lowest BCUT2D eigenvalue weighted by molar-refractivity contribution is 0.0734. The lowest BCUT2D eigenvalue weighted by Gasteiger charge is -2.06. The highest BCUT2D eigenvalue weighted by Gasteiger charge is 2.11. The van der Waals surface area contributed by atoms with Crippen molar-refractivity contribution in [2.75, 3.05) is 0 Å². The smallest absolute Gasteiger partial charge is 0.343 e. The Morgan fingerprint density at radius 3 is 1.83 bits per heavy atom. The Labute approximate surface area is 139 Å². The molecule has 0 bridgehead atoms. The first-order chi connectivity index (χ1) is 11.6. The molecule has 0 unspecified atom stereocenters. The van der Waals surface area contributed by atoms with Crippen molar-refractivity contribution in [1.82, 2.24) is 0 Å². The molecule has 118 valence electrons. The minimum atomic E-state index is -0.530. The molecule has 4 nitrogen and oxygen atoms in total. The number of phenols is 1. The quantitative estimate of drug-likeness (QED) is 0.451. The average Bonchev–Trinajstić information content (AvgIpc) is 2.63. The van der Waals surface area contributed by atoms with Crippen molar-refractivity contribution in [2.45, 2.75) is 0 Å². The number of ether oxygens (including phenoxy) is 1. The molecule has 0 aromatic heterocycles. The van der Waals surface area contributed by atoms with Crippen LogP contribution in [0.25, 0.3) is 0 Å². The second kappa shape index (κ2) is 6.79. The molecule has 1 N–H and O–H groups in total. The minimum Gasteiger partial charge on any atom is -0.508 e. The zero-order valence-electron chi connectivity index (χ0n) is 12.7. The fraction of sp³-hybridized carbons (Fsp3) is 0. The second-order valence-corrected chi connectivity index (χ2v) is 5.16. The van der Waals surface area contributed by atoms with Crippen molar-refractivity contribution >= 4 is 11.8 Å². The van der Waals surface area contributed by atoms with Gasteiger partial charge in [0.1, 0.15) is 11.5 Å². The van der Waals surface area contributed by atoms with Crippen LogP contribution in [-0.4, -0.2) is 16.9 Å². The van der Waals surface area contributed by atoms with Crippen LogP contribution in [-0.2, 0) is 0 Å². The van der Waals surface area contributed by atoms with Crippen LogP contribution in [0.15, 0.2) is 78.9 Å². The molecule has 0 aliphatic carbocycles. The SMILES string of the molecule is O=C(Oc1ccc(C(=O)c2ccccc2)cc1)c1ccc(O)cc1. The number of carbonyl (C=O) groups excluding carboxylic acids is 2. The van der Waals surface area contributed by atoms with E-state index in [1.165, 1.54) is 24.3 Å². The van der Waals surface area contributed by atoms with Crippen LogP contribution in [0.4, 0.5) is 0 Å². The molecule has 24 heavy (non-hydrogen) atoms. The molecule has 0 saturated heterocycles. The van der Waals surface area contributed by atoms with Crippen LogP contribution >= 0.6 is 0 Å². The van der Waals surface area contributed by atoms with Crippen molar-refractivity contribution in [3.63, 3.8) is 0 Å². The zero-order valence-corrected chi connectivity index (χ0v) is 12.7. The third-order valence-electron chi connectivity index (χ3n) is 3.47. The highest BCUT2D eigenvalue weighted by Crippen LogP contribution is 2.17. The Balaban J connectivity index is 1.72. The summed E-state index contributed by atoms with van der Waals surface area (Å²) in [5.41, 5.74) is 1.45. The molecular formula is C20H14O4. The summed E-state index contributed by atoms with van der Waals surface area (Å²) in [5.74, 6) is -0.197. The lowest BCUT2D eigenvalue weighted by Crippen LogP contribution is -2.08. The zero-order chi connectivity index (χ0) is 16.9. The monoisotopic (exact) mass is 318 g/mol. The van der Waals surface area contributed by atoms with Gasteiger partial charge in [0.05, 0.1) is 5.56 Å². The van der Waals surface area contributed by atoms with E-state index in [2.05, 4.69) is 0 Å². The molecule has 0 aliphatic heterocycles. The number of carbonyl (C=O) groups is 2. The molecule has 3 aromatic carbocycles. The number of aromatic hydroxyl groups is 1. The van der Waals surface area contributed by atoms with Crippen LogP contribution in [0.5, 0.6) is 11.5 Å². The molecule has 0 heterocycles. The molecule has 0 atom stereocenters. The van der Waals surface area contributed by atoms with Crippen molar-refractivity contribution in [3.8, 4) is 11.5 Å². The fourth-order valence-corrected chi connectivity index (χ4v) is 2.19. The highest BCUT2D eigenvalue weighted by atomic mass is 16.5. The van der Waals surface area contributed by atoms with Crippen molar-refractivity contribution in [2.24, 2.45) is 0 Å². The molecule has 0 spiro atoms. The van der Waals surface area contributed by atoms with Crippen LogP contribution < -0.4 is 4.74 Å². The first kappa shape index (κ1) is 15.5. The van der Waals surface area contributed by atoms with Gasteiger partial charge < -0.3 is 9.84 Å². The summed E-state index contributed by atoms with van der Waals surface area (Å²) in [7, 11) is 0. The van der Waals surface area contributed by atoms with Gasteiger partial charge in [-0.1, -0.05) is 30.3 Å². The van der Waals surface area contributed by atoms with E-state index in [1.54, 1.807) is 48.5 Å². The number of ketones is 1. The molecule has 0 aliphatic rings. The Morgan fingerprint density at radius 2 is 1.21 bits per heavy atom. The summed E-state index contributed by atoms with van der Waals surface area (Å²) >= 11 is 0. The standard InChI is InChI=1S/C20H14O4/c21-17-10-6-16(7-11-17)20(23)24-18-12-8-15(9-13-18)19(22)14-4-2-1-3-5-14/h1-13,21H. The molecule has 0 fully saturated rings. The van der Waals surface area contributed by atoms with Crippen LogP contribution in [0.3, 0.4) is 0 Å². The number of rotatable bonds is 4. The van der Waals surface area contributed by atoms with E-state index in [-0.39, 0.29) is 11.5 Å². The Kier molecular flexibility index (Phi) is 4.38. The van der Waals surface area contributed by atoms with Crippen molar-refractivity contribution < 1.29 is 19.4 Å². The molecule has 0 amide bonds. The number of hydrogen-bond donors (Lipinski definition) is 1. The van der Waals surface area contributed by atoms with Gasteiger partial charge >= 0.3 is 5.97 Å². The summed E-state index contributed by atoms with van der Waals surface area (Å²) in [6.45, 7) is 0. The number of benzene rings is 3. The predicted molar refractivity (Wildman–Crippen MR) is 89.4 cm³/mol. The maximum Gasteiger partial charge on any atom is 0.343 e. The summed E-state index contributed by atoms with van der Waals surface area (Å²) in [5, 5.41) is 9.22. The van der Waals surface area contributed by atoms with Crippen molar-refractivity contribution in [1.29, 1.82) is 0 Å². The van der Waals surface area contributed by atoms with E-state index in [0.29, 0.717) is 22.4 Å². The third kappa shape index (κ3) is 3.50. The molecule has 0 radical (unpaired) electrons. The van der Waals surface area contributed by atoms with E-state index in [0.717, 1.165) is 0 Å². The van der Waals surface area contributed by atoms with Crippen LogP contribution in [0.2, 0.25) is 0 Å². The maximum atomic E-state index is 12.3. The first-order valence-electron chi connectivity index (χ1n) is 7.34. The fourth-order valence-electron chi connectivity index (χ4n) is 2.19. The molecule has 3 aromatic rings. The van der Waals surface area contributed by atoms with E-state index in [1.807, 2.05) is 6.07 Å². The van der Waals surface area contributed by atoms with Crippen LogP contribution in [0.1, 0.15) is 26.3 Å². The van der Waals surface area contributed by atoms with Gasteiger partial charge in [0.15, 0.2) is 5.78 Å². The predicted octanol–water partition coefficient (Wildman–Crippen LogP) is 3.84. The maximum absolute atomic E-state index is 12.3. The van der Waals surface area contributed by atoms with E-state index >= 15 is 0 Å². The van der Waals surface area contributed by atoms with E-state index in [9.17, 15) is 14.7 Å². The van der Waals surface area contributed by atoms with Gasteiger partial charge in [-0.25, -0.2) is 4.79 Å². The first-order valence-corrected chi connectivity index (χ1v) is 7.34. The van der Waals surface area contributed by atoms with Gasteiger partial charge in [-0.2, -0.15) is 0 Å². The van der Waals surface area contributed by atoms with E-state index < -0.39 is 5.97 Å². The second-order valence-electron chi connectivity index (χ2n) is 5.16. The van der Waals surface area contributed by atoms with Gasteiger partial charge in [-0.15, -0.1) is 0 Å². The summed E-state index contributed by atoms with van der Waals surface area (Å²) < 4.78 is 5.25. The number of esters is 1. The highest BCUT2D eigenvalue weighted by molar-refractivity contribution is 6.09. The Hall–Kier alpha value is -3.40. The molecule has 4 heteroatoms. The molecule has 0 saturated carbocycles. The average molecular weight is 318 g/mol. The third-order valence-corrected chi connectivity index (χ3v) is 3.47. The van der Waals surface area contributed by atoms with Gasteiger partial charge in [-0.05, 0) is 48.5 Å². The van der Waals surface area contributed by atoms with Crippen molar-refractivity contribution in [3.05, 3.63) is 95.6 Å². The van der Waals surface area contributed by atoms with Gasteiger partial charge in [-0.3, -0.25) is 4.79 Å². The normalized spacial score (nSPS) is 10.2. The Morgan fingerprint density at radius 1 is 0.667 bits per heavy atom. The summed E-state index contributed by atoms with van der Waals surface area (Å²) in [6, 6.07) is 21.1. The largest absolute Gasteiger partial charge is 0.508 e. The minimum absolute atomic E-state index is 0.0790. The Bertz CT molecular complexity index is 850. The number of phenolic OH excluding ortho intramolecular Hbond substituents is 1. The summed E-state index contributed by atoms with van der Waals surface area (Å²) in [4.78, 5) is 24.3. The van der Waals surface area contributed by atoms with Crippen LogP contribution in [0, 0.1) is 0 Å². The topological polar surface area (TPSA) is 63.6 Å². The lowest BCUT2D eigenvalue weighted by atomic mass is 10.0. The van der Waals surface area contributed by atoms with Gasteiger partial charge in [0, 0.05) is 11.1 Å². The molecule has 3 rings (SSSR count). The van der Waals surface area contributed by atoms with E-state index in [4.69, 9.17) is 4.74 Å².